The fraction of sp³-hybridized carbons (Fsp3) is 0.222. The predicted molar refractivity (Wildman–Crippen MR) is 90.0 cm³/mol. The van der Waals surface area contributed by atoms with Crippen LogP contribution < -0.4 is 10.1 Å². The highest BCUT2D eigenvalue weighted by molar-refractivity contribution is 6.27. The third-order valence-corrected chi connectivity index (χ3v) is 3.25. The molecule has 0 atom stereocenters. The minimum Gasteiger partial charge on any atom is -0.497 e. The van der Waals surface area contributed by atoms with Gasteiger partial charge in [-0.05, 0) is 48.4 Å². The van der Waals surface area contributed by atoms with Crippen molar-refractivity contribution < 1.29 is 33.3 Å². The maximum absolute atomic E-state index is 13.0. The van der Waals surface area contributed by atoms with Gasteiger partial charge in [-0.2, -0.15) is 0 Å². The van der Waals surface area contributed by atoms with Crippen molar-refractivity contribution in [3.05, 3.63) is 65.2 Å². The molecule has 3 N–H and O–H groups in total. The number of halogens is 2. The third-order valence-electron chi connectivity index (χ3n) is 3.25. The van der Waals surface area contributed by atoms with Crippen LogP contribution in [0, 0.1) is 11.6 Å². The summed E-state index contributed by atoms with van der Waals surface area (Å²) in [5, 5.41) is 18.0. The van der Waals surface area contributed by atoms with E-state index in [0.29, 0.717) is 6.54 Å². The molecule has 2 aromatic rings. The van der Waals surface area contributed by atoms with Gasteiger partial charge in [-0.15, -0.1) is 0 Å². The first-order valence-corrected chi connectivity index (χ1v) is 7.57. The number of rotatable bonds is 6. The lowest BCUT2D eigenvalue weighted by molar-refractivity contribution is -0.159. The highest BCUT2D eigenvalue weighted by atomic mass is 19.2. The number of methoxy groups -OCH3 is 1. The number of benzene rings is 2. The lowest BCUT2D eigenvalue weighted by Gasteiger charge is -2.06. The Morgan fingerprint density at radius 1 is 0.962 bits per heavy atom. The molecule has 0 radical (unpaired) electrons. The molecule has 0 unspecified atom stereocenters. The predicted octanol–water partition coefficient (Wildman–Crippen LogP) is 2.46. The van der Waals surface area contributed by atoms with Crippen LogP contribution in [0.1, 0.15) is 11.1 Å². The van der Waals surface area contributed by atoms with Crippen LogP contribution in [0.15, 0.2) is 42.5 Å². The molecule has 0 aromatic heterocycles. The molecule has 0 aliphatic rings. The fourth-order valence-corrected chi connectivity index (χ4v) is 1.91. The van der Waals surface area contributed by atoms with Crippen LogP contribution in [-0.2, 0) is 22.6 Å². The van der Waals surface area contributed by atoms with Crippen LogP contribution in [0.5, 0.6) is 5.75 Å². The van der Waals surface area contributed by atoms with Crippen molar-refractivity contribution in [2.24, 2.45) is 0 Å². The van der Waals surface area contributed by atoms with E-state index in [1.165, 1.54) is 11.6 Å². The Balaban J connectivity index is 0.000000487. The standard InChI is InChI=1S/C16H17F2NO.C2H2O4/c1-20-14-5-2-12(3-6-14)8-9-19-11-13-4-7-15(17)16(18)10-13;3-1(4)2(5)6/h2-7,10,19H,8-9,11H2,1H3;(H,3,4)(H,5,6). The van der Waals surface area contributed by atoms with E-state index in [0.717, 1.165) is 30.3 Å². The molecule has 0 heterocycles. The monoisotopic (exact) mass is 367 g/mol. The molecule has 0 saturated heterocycles. The van der Waals surface area contributed by atoms with Gasteiger partial charge in [0.15, 0.2) is 11.6 Å². The summed E-state index contributed by atoms with van der Waals surface area (Å²) in [5.74, 6) is -4.43. The van der Waals surface area contributed by atoms with Gasteiger partial charge in [0.2, 0.25) is 0 Å². The van der Waals surface area contributed by atoms with Gasteiger partial charge in [-0.1, -0.05) is 18.2 Å². The maximum atomic E-state index is 13.0. The summed E-state index contributed by atoms with van der Waals surface area (Å²) in [7, 11) is 1.64. The van der Waals surface area contributed by atoms with Crippen molar-refractivity contribution in [3.8, 4) is 5.75 Å². The number of carboxylic acids is 2. The molecular formula is C18H19F2NO5. The number of hydrogen-bond donors (Lipinski definition) is 3. The van der Waals surface area contributed by atoms with Gasteiger partial charge in [0.1, 0.15) is 5.75 Å². The average molecular weight is 367 g/mol. The van der Waals surface area contributed by atoms with Crippen molar-refractivity contribution in [1.29, 1.82) is 0 Å². The topological polar surface area (TPSA) is 95.9 Å². The molecule has 2 aromatic carbocycles. The van der Waals surface area contributed by atoms with E-state index >= 15 is 0 Å². The van der Waals surface area contributed by atoms with E-state index in [-0.39, 0.29) is 0 Å². The molecule has 26 heavy (non-hydrogen) atoms. The Bertz CT molecular complexity index is 723. The molecule has 0 aliphatic heterocycles. The van der Waals surface area contributed by atoms with Gasteiger partial charge in [0.05, 0.1) is 7.11 Å². The summed E-state index contributed by atoms with van der Waals surface area (Å²) in [5.41, 5.74) is 1.93. The average Bonchev–Trinajstić information content (AvgIpc) is 2.62. The minimum absolute atomic E-state index is 0.521. The van der Waals surface area contributed by atoms with Crippen molar-refractivity contribution in [2.75, 3.05) is 13.7 Å². The van der Waals surface area contributed by atoms with Crippen molar-refractivity contribution in [3.63, 3.8) is 0 Å². The Morgan fingerprint density at radius 2 is 1.54 bits per heavy atom. The molecule has 6 nitrogen and oxygen atoms in total. The van der Waals surface area contributed by atoms with Crippen LogP contribution in [-0.4, -0.2) is 35.8 Å². The summed E-state index contributed by atoms with van der Waals surface area (Å²) in [6.07, 6.45) is 0.869. The lowest BCUT2D eigenvalue weighted by atomic mass is 10.1. The van der Waals surface area contributed by atoms with E-state index in [2.05, 4.69) is 5.32 Å². The Hall–Kier alpha value is -3.00. The van der Waals surface area contributed by atoms with Gasteiger partial charge in [0.25, 0.3) is 0 Å². The first-order valence-electron chi connectivity index (χ1n) is 7.57. The molecular weight excluding hydrogens is 348 g/mol. The summed E-state index contributed by atoms with van der Waals surface area (Å²) in [6, 6.07) is 11.8. The number of nitrogens with one attached hydrogen (secondary N) is 1. The zero-order valence-electron chi connectivity index (χ0n) is 14.0. The van der Waals surface area contributed by atoms with E-state index in [9.17, 15) is 8.78 Å². The van der Waals surface area contributed by atoms with Crippen LogP contribution in [0.4, 0.5) is 8.78 Å². The van der Waals surface area contributed by atoms with Gasteiger partial charge in [-0.25, -0.2) is 18.4 Å². The van der Waals surface area contributed by atoms with Crippen molar-refractivity contribution >= 4 is 11.9 Å². The normalized spacial score (nSPS) is 9.81. The minimum atomic E-state index is -1.82. The second kappa shape index (κ2) is 10.8. The zero-order chi connectivity index (χ0) is 19.5. The fourth-order valence-electron chi connectivity index (χ4n) is 1.91. The molecule has 2 rings (SSSR count). The number of carbonyl (C=O) groups is 2. The number of hydrogen-bond acceptors (Lipinski definition) is 4. The van der Waals surface area contributed by atoms with Gasteiger partial charge >= 0.3 is 11.9 Å². The van der Waals surface area contributed by atoms with Crippen LogP contribution in [0.25, 0.3) is 0 Å². The van der Waals surface area contributed by atoms with Crippen molar-refractivity contribution in [2.45, 2.75) is 13.0 Å². The SMILES string of the molecule is COc1ccc(CCNCc2ccc(F)c(F)c2)cc1.O=C(O)C(=O)O. The Morgan fingerprint density at radius 3 is 2.04 bits per heavy atom. The molecule has 0 aliphatic carbocycles. The maximum Gasteiger partial charge on any atom is 0.414 e. The summed E-state index contributed by atoms with van der Waals surface area (Å²) in [4.78, 5) is 18.2. The zero-order valence-corrected chi connectivity index (χ0v) is 14.0. The van der Waals surface area contributed by atoms with Crippen LogP contribution in [0.2, 0.25) is 0 Å². The van der Waals surface area contributed by atoms with Gasteiger partial charge in [-0.3, -0.25) is 0 Å². The third kappa shape index (κ3) is 7.71. The molecule has 0 fully saturated rings. The summed E-state index contributed by atoms with van der Waals surface area (Å²) in [6.45, 7) is 1.29. The quantitative estimate of drug-likeness (QED) is 0.536. The molecule has 0 spiro atoms. The van der Waals surface area contributed by atoms with Crippen LogP contribution >= 0.6 is 0 Å². The summed E-state index contributed by atoms with van der Waals surface area (Å²) >= 11 is 0. The van der Waals surface area contributed by atoms with Crippen LogP contribution in [0.3, 0.4) is 0 Å². The molecule has 8 heteroatoms. The second-order valence-corrected chi connectivity index (χ2v) is 5.13. The first kappa shape index (κ1) is 21.0. The first-order chi connectivity index (χ1) is 12.3. The van der Waals surface area contributed by atoms with Gasteiger partial charge < -0.3 is 20.3 Å². The Kier molecular flexibility index (Phi) is 8.72. The van der Waals surface area contributed by atoms with E-state index in [1.807, 2.05) is 24.3 Å². The smallest absolute Gasteiger partial charge is 0.414 e. The lowest BCUT2D eigenvalue weighted by Crippen LogP contribution is -2.16. The highest BCUT2D eigenvalue weighted by Crippen LogP contribution is 2.11. The molecule has 0 saturated carbocycles. The van der Waals surface area contributed by atoms with E-state index in [1.54, 1.807) is 13.2 Å². The molecule has 140 valence electrons. The number of ether oxygens (including phenoxy) is 1. The van der Waals surface area contributed by atoms with E-state index < -0.39 is 23.6 Å². The van der Waals surface area contributed by atoms with E-state index in [4.69, 9.17) is 24.5 Å². The number of aliphatic carboxylic acids is 2. The number of carboxylic acid groups (broad SMARTS) is 2. The van der Waals surface area contributed by atoms with Gasteiger partial charge in [0, 0.05) is 6.54 Å². The summed E-state index contributed by atoms with van der Waals surface area (Å²) < 4.78 is 30.9. The highest BCUT2D eigenvalue weighted by Gasteiger charge is 2.04. The Labute approximate surface area is 149 Å². The van der Waals surface area contributed by atoms with Crippen molar-refractivity contribution in [1.82, 2.24) is 5.32 Å². The molecule has 0 amide bonds. The largest absolute Gasteiger partial charge is 0.497 e. The second-order valence-electron chi connectivity index (χ2n) is 5.13. The molecule has 0 bridgehead atoms.